The molecule has 2 aromatic rings. The van der Waals surface area contributed by atoms with Gasteiger partial charge in [-0.25, -0.2) is 4.79 Å². The summed E-state index contributed by atoms with van der Waals surface area (Å²) in [5.74, 6) is -0.340. The van der Waals surface area contributed by atoms with E-state index in [-0.39, 0.29) is 17.1 Å². The molecule has 2 N–H and O–H groups in total. The van der Waals surface area contributed by atoms with Crippen LogP contribution < -0.4 is 21.0 Å². The number of methoxy groups -OCH3 is 1. The lowest BCUT2D eigenvalue weighted by molar-refractivity contribution is -0.115. The second-order valence-corrected chi connectivity index (χ2v) is 14.5. The van der Waals surface area contributed by atoms with E-state index in [9.17, 15) is 9.59 Å². The summed E-state index contributed by atoms with van der Waals surface area (Å²) < 4.78 is 18.0. The van der Waals surface area contributed by atoms with Crippen LogP contribution in [0.2, 0.25) is 5.04 Å². The minimum absolute atomic E-state index is 0.122. The molecule has 0 radical (unpaired) electrons. The number of carbonyl (C=O) groups is 2. The van der Waals surface area contributed by atoms with Gasteiger partial charge in [0.15, 0.2) is 0 Å². The Kier molecular flexibility index (Phi) is 7.16. The number of ether oxygens (including phenoxy) is 2. The molecule has 4 rings (SSSR count). The minimum atomic E-state index is -2.66. The third-order valence-electron chi connectivity index (χ3n) is 6.79. The van der Waals surface area contributed by atoms with E-state index in [1.807, 2.05) is 12.1 Å². The van der Waals surface area contributed by atoms with Gasteiger partial charge in [0.1, 0.15) is 5.72 Å². The number of rotatable bonds is 8. The van der Waals surface area contributed by atoms with E-state index in [2.05, 4.69) is 79.9 Å². The van der Waals surface area contributed by atoms with Gasteiger partial charge in [0, 0.05) is 18.4 Å². The first kappa shape index (κ1) is 25.2. The maximum Gasteiger partial charge on any atom is 0.323 e. The largest absolute Gasteiger partial charge is 0.504 e. The van der Waals surface area contributed by atoms with Gasteiger partial charge in [-0.1, -0.05) is 81.4 Å². The van der Waals surface area contributed by atoms with Crippen molar-refractivity contribution in [3.8, 4) is 0 Å². The van der Waals surface area contributed by atoms with Gasteiger partial charge in [-0.2, -0.15) is 0 Å². The van der Waals surface area contributed by atoms with Crippen LogP contribution in [0, 0.1) is 5.92 Å². The summed E-state index contributed by atoms with van der Waals surface area (Å²) in [6.07, 6.45) is 3.76. The Morgan fingerprint density at radius 2 is 1.69 bits per heavy atom. The van der Waals surface area contributed by atoms with Gasteiger partial charge in [-0.15, -0.1) is 0 Å². The van der Waals surface area contributed by atoms with Crippen LogP contribution in [-0.4, -0.2) is 45.8 Å². The van der Waals surface area contributed by atoms with Crippen LogP contribution in [0.25, 0.3) is 0 Å². The van der Waals surface area contributed by atoms with Crippen LogP contribution >= 0.6 is 0 Å². The zero-order valence-corrected chi connectivity index (χ0v) is 21.7. The fourth-order valence-corrected chi connectivity index (χ4v) is 9.75. The number of carbonyl (C=O) groups excluding carboxylic acids is 2. The maximum absolute atomic E-state index is 12.3. The number of benzene rings is 2. The second-order valence-electron chi connectivity index (χ2n) is 10.2. The first-order valence-electron chi connectivity index (χ1n) is 12.0. The van der Waals surface area contributed by atoms with Gasteiger partial charge < -0.3 is 19.2 Å². The number of hydrogen-bond acceptors (Lipinski definition) is 5. The third kappa shape index (κ3) is 5.19. The molecule has 2 aliphatic rings. The van der Waals surface area contributed by atoms with Crippen molar-refractivity contribution in [3.05, 3.63) is 73.0 Å². The van der Waals surface area contributed by atoms with Crippen molar-refractivity contribution >= 4 is 30.6 Å². The predicted octanol–water partition coefficient (Wildman–Crippen LogP) is 3.05. The maximum atomic E-state index is 12.3. The highest BCUT2D eigenvalue weighted by atomic mass is 28.4. The number of imide groups is 1. The summed E-state index contributed by atoms with van der Waals surface area (Å²) in [5.41, 5.74) is -0.727. The van der Waals surface area contributed by atoms with Gasteiger partial charge in [0.2, 0.25) is 0 Å². The molecular formula is C27H34N2O5Si. The molecule has 3 atom stereocenters. The Bertz CT molecular complexity index is 1030. The van der Waals surface area contributed by atoms with Crippen molar-refractivity contribution in [2.75, 3.05) is 13.7 Å². The van der Waals surface area contributed by atoms with Crippen molar-refractivity contribution in [1.29, 1.82) is 0 Å². The predicted molar refractivity (Wildman–Crippen MR) is 137 cm³/mol. The van der Waals surface area contributed by atoms with Gasteiger partial charge in [0.05, 0.1) is 26.1 Å². The van der Waals surface area contributed by atoms with Crippen LogP contribution in [0.3, 0.4) is 0 Å². The summed E-state index contributed by atoms with van der Waals surface area (Å²) in [5, 5.41) is 7.43. The van der Waals surface area contributed by atoms with E-state index >= 15 is 0 Å². The highest BCUT2D eigenvalue weighted by molar-refractivity contribution is 6.99. The van der Waals surface area contributed by atoms with Gasteiger partial charge in [-0.05, 0) is 21.8 Å². The monoisotopic (exact) mass is 494 g/mol. The van der Waals surface area contributed by atoms with E-state index in [1.165, 1.54) is 23.7 Å². The number of urea groups is 1. The molecule has 8 heteroatoms. The van der Waals surface area contributed by atoms with Crippen LogP contribution in [0.4, 0.5) is 4.79 Å². The first-order valence-corrected chi connectivity index (χ1v) is 13.9. The average molecular weight is 495 g/mol. The molecule has 1 saturated carbocycles. The normalized spacial score (nSPS) is 23.5. The van der Waals surface area contributed by atoms with Crippen LogP contribution in [0.15, 0.2) is 73.0 Å². The molecule has 186 valence electrons. The number of amides is 3. The van der Waals surface area contributed by atoms with Gasteiger partial charge >= 0.3 is 6.03 Å². The molecule has 2 fully saturated rings. The molecule has 0 aromatic heterocycles. The van der Waals surface area contributed by atoms with Gasteiger partial charge in [0.25, 0.3) is 14.2 Å². The quantitative estimate of drug-likeness (QED) is 0.335. The number of hydrogen-bond donors (Lipinski definition) is 2. The molecule has 35 heavy (non-hydrogen) atoms. The molecular weight excluding hydrogens is 460 g/mol. The van der Waals surface area contributed by atoms with E-state index < -0.39 is 26.0 Å². The first-order chi connectivity index (χ1) is 16.7. The lowest BCUT2D eigenvalue weighted by atomic mass is 10.2. The molecule has 1 saturated heterocycles. The SMILES string of the molecule is CO/C=C/C(=O)NC(=O)N[C@@]12C[C@@H]1C[C@@H](CO[Si](c1ccccc1)(c1ccccc1)C(C)(C)C)O2. The van der Waals surface area contributed by atoms with Crippen molar-refractivity contribution < 1.29 is 23.5 Å². The highest BCUT2D eigenvalue weighted by Gasteiger charge is 2.63. The van der Waals surface area contributed by atoms with Crippen LogP contribution in [0.1, 0.15) is 33.6 Å². The van der Waals surface area contributed by atoms with Crippen LogP contribution in [-0.2, 0) is 18.7 Å². The zero-order valence-electron chi connectivity index (χ0n) is 20.7. The van der Waals surface area contributed by atoms with E-state index in [0.29, 0.717) is 6.61 Å². The van der Waals surface area contributed by atoms with E-state index in [0.717, 1.165) is 18.9 Å². The molecule has 1 heterocycles. The average Bonchev–Trinajstić information content (AvgIpc) is 3.37. The second kappa shape index (κ2) is 9.97. The standard InChI is InChI=1S/C27H34N2O5Si/c1-26(2,3)35(22-11-7-5-8-12-22,23-13-9-6-10-14-23)33-19-21-17-20-18-27(20,34-21)29-25(31)28-24(30)15-16-32-4/h5-16,20-21H,17-19H2,1-4H3,(H2,28,29,30,31)/b16-15+/t20-,21-,27+/m0/s1. The van der Waals surface area contributed by atoms with E-state index in [4.69, 9.17) is 13.9 Å². The van der Waals surface area contributed by atoms with E-state index in [1.54, 1.807) is 0 Å². The molecule has 7 nitrogen and oxygen atoms in total. The molecule has 0 unspecified atom stereocenters. The Morgan fingerprint density at radius 3 is 2.23 bits per heavy atom. The van der Waals surface area contributed by atoms with Crippen molar-refractivity contribution in [2.45, 2.75) is 50.5 Å². The summed E-state index contributed by atoms with van der Waals surface area (Å²) in [6, 6.07) is 20.4. The fourth-order valence-electron chi connectivity index (χ4n) is 5.16. The molecule has 0 spiro atoms. The summed E-state index contributed by atoms with van der Waals surface area (Å²) in [7, 11) is -1.23. The summed E-state index contributed by atoms with van der Waals surface area (Å²) >= 11 is 0. The summed E-state index contributed by atoms with van der Waals surface area (Å²) in [6.45, 7) is 7.17. The highest BCUT2D eigenvalue weighted by Crippen LogP contribution is 2.54. The van der Waals surface area contributed by atoms with Crippen molar-refractivity contribution in [2.24, 2.45) is 5.92 Å². The topological polar surface area (TPSA) is 85.9 Å². The minimum Gasteiger partial charge on any atom is -0.504 e. The molecule has 1 aliphatic carbocycles. The third-order valence-corrected chi connectivity index (χ3v) is 11.8. The van der Waals surface area contributed by atoms with Crippen molar-refractivity contribution in [1.82, 2.24) is 10.6 Å². The lowest BCUT2D eigenvalue weighted by Crippen LogP contribution is -2.67. The smallest absolute Gasteiger partial charge is 0.323 e. The summed E-state index contributed by atoms with van der Waals surface area (Å²) in [4.78, 5) is 24.1. The Morgan fingerprint density at radius 1 is 1.09 bits per heavy atom. The molecule has 2 aromatic carbocycles. The molecule has 0 bridgehead atoms. The molecule has 1 aliphatic heterocycles. The lowest BCUT2D eigenvalue weighted by Gasteiger charge is -2.43. The van der Waals surface area contributed by atoms with Gasteiger partial charge in [-0.3, -0.25) is 10.1 Å². The Hall–Kier alpha value is -2.94. The fraction of sp³-hybridized carbons (Fsp3) is 0.407. The Labute approximate surface area is 208 Å². The van der Waals surface area contributed by atoms with Crippen LogP contribution in [0.5, 0.6) is 0 Å². The zero-order chi connectivity index (χ0) is 25.1. The van der Waals surface area contributed by atoms with Crippen molar-refractivity contribution in [3.63, 3.8) is 0 Å². The Balaban J connectivity index is 1.48. The molecule has 3 amide bonds. The number of fused-ring (bicyclic) bond motifs is 1. The number of nitrogens with one attached hydrogen (secondary N) is 2.